The van der Waals surface area contributed by atoms with Gasteiger partial charge in [0.1, 0.15) is 12.6 Å². The van der Waals surface area contributed by atoms with Gasteiger partial charge in [-0.25, -0.2) is 0 Å². The smallest absolute Gasteiger partial charge is 0.405 e. The average Bonchev–Trinajstić information content (AvgIpc) is 2.55. The Bertz CT molecular complexity index is 334. The molecule has 1 aliphatic rings. The van der Waals surface area contributed by atoms with Crippen molar-refractivity contribution in [3.05, 3.63) is 0 Å². The summed E-state index contributed by atoms with van der Waals surface area (Å²) in [5.41, 5.74) is 0. The first-order valence-corrected chi connectivity index (χ1v) is 5.17. The van der Waals surface area contributed by atoms with Gasteiger partial charge in [0.2, 0.25) is 5.91 Å². The number of β-amino-alcohol motifs (C(OH)–C–C–N with tert-alkyl or cyclic N) is 1. The zero-order chi connectivity index (χ0) is 13.9. The van der Waals surface area contributed by atoms with Gasteiger partial charge >= 0.3 is 12.1 Å². The number of amides is 1. The molecule has 0 spiro atoms. The van der Waals surface area contributed by atoms with Crippen LogP contribution in [0.3, 0.4) is 0 Å². The summed E-state index contributed by atoms with van der Waals surface area (Å²) < 4.78 is 35.5. The first-order valence-electron chi connectivity index (χ1n) is 5.17. The van der Waals surface area contributed by atoms with Gasteiger partial charge in [0.25, 0.3) is 0 Å². The lowest BCUT2D eigenvalue weighted by atomic mass is 10.2. The normalized spacial score (nSPS) is 25.1. The third-order valence-electron chi connectivity index (χ3n) is 2.50. The molecule has 1 heterocycles. The predicted molar refractivity (Wildman–Crippen MR) is 52.7 cm³/mol. The minimum absolute atomic E-state index is 0.0398. The molecular formula is C9H13F3N2O4. The Morgan fingerprint density at radius 3 is 2.50 bits per heavy atom. The van der Waals surface area contributed by atoms with Gasteiger partial charge in [-0.3, -0.25) is 14.5 Å². The Morgan fingerprint density at radius 2 is 2.00 bits per heavy atom. The number of carbonyl (C=O) groups excluding carboxylic acids is 1. The lowest BCUT2D eigenvalue weighted by Crippen LogP contribution is -2.45. The highest BCUT2D eigenvalue weighted by Gasteiger charge is 2.37. The van der Waals surface area contributed by atoms with Gasteiger partial charge in [0, 0.05) is 13.0 Å². The van der Waals surface area contributed by atoms with Crippen LogP contribution in [0.2, 0.25) is 0 Å². The number of aliphatic hydroxyl groups excluding tert-OH is 1. The molecular weight excluding hydrogens is 257 g/mol. The fourth-order valence-electron chi connectivity index (χ4n) is 1.75. The van der Waals surface area contributed by atoms with Crippen LogP contribution in [0.1, 0.15) is 6.42 Å². The summed E-state index contributed by atoms with van der Waals surface area (Å²) >= 11 is 0. The fourth-order valence-corrected chi connectivity index (χ4v) is 1.75. The molecule has 0 aromatic heterocycles. The monoisotopic (exact) mass is 270 g/mol. The third-order valence-corrected chi connectivity index (χ3v) is 2.50. The number of likely N-dealkylation sites (tertiary alicyclic amines) is 1. The first kappa shape index (κ1) is 14.7. The van der Waals surface area contributed by atoms with E-state index < -0.39 is 43.3 Å². The van der Waals surface area contributed by atoms with Crippen molar-refractivity contribution in [3.63, 3.8) is 0 Å². The lowest BCUT2D eigenvalue weighted by molar-refractivity contribution is -0.144. The quantitative estimate of drug-likeness (QED) is 0.621. The van der Waals surface area contributed by atoms with E-state index in [1.165, 1.54) is 0 Å². The number of nitrogens with one attached hydrogen (secondary N) is 1. The van der Waals surface area contributed by atoms with Gasteiger partial charge in [0.05, 0.1) is 12.6 Å². The minimum atomic E-state index is -4.51. The number of carboxylic acid groups (broad SMARTS) is 1. The number of aliphatic hydroxyl groups is 1. The number of nitrogens with zero attached hydrogens (tertiary/aromatic N) is 1. The Balaban J connectivity index is 2.46. The van der Waals surface area contributed by atoms with E-state index in [0.29, 0.717) is 0 Å². The maximum atomic E-state index is 11.8. The van der Waals surface area contributed by atoms with Crippen molar-refractivity contribution in [2.75, 3.05) is 19.6 Å². The predicted octanol–water partition coefficient (Wildman–Crippen LogP) is -0.815. The molecule has 2 unspecified atom stereocenters. The topological polar surface area (TPSA) is 89.9 Å². The SMILES string of the molecule is O=C(CN1CC(O)CC1C(=O)O)NCC(F)(F)F. The van der Waals surface area contributed by atoms with Crippen molar-refractivity contribution >= 4 is 11.9 Å². The van der Waals surface area contributed by atoms with Gasteiger partial charge in [-0.05, 0) is 0 Å². The Labute approximate surface area is 100 Å². The number of carbonyl (C=O) groups is 2. The van der Waals surface area contributed by atoms with Gasteiger partial charge < -0.3 is 15.5 Å². The number of alkyl halides is 3. The molecule has 18 heavy (non-hydrogen) atoms. The summed E-state index contributed by atoms with van der Waals surface area (Å²) in [6, 6.07) is -1.04. The average molecular weight is 270 g/mol. The van der Waals surface area contributed by atoms with Crippen LogP contribution in [-0.2, 0) is 9.59 Å². The van der Waals surface area contributed by atoms with E-state index in [1.807, 2.05) is 0 Å². The Hall–Kier alpha value is -1.35. The molecule has 104 valence electrons. The molecule has 0 saturated carbocycles. The van der Waals surface area contributed by atoms with Crippen LogP contribution >= 0.6 is 0 Å². The van der Waals surface area contributed by atoms with Crippen LogP contribution in [0, 0.1) is 0 Å². The lowest BCUT2D eigenvalue weighted by Gasteiger charge is -2.20. The van der Waals surface area contributed by atoms with Crippen molar-refractivity contribution in [1.29, 1.82) is 0 Å². The number of carboxylic acids is 1. The largest absolute Gasteiger partial charge is 0.480 e. The van der Waals surface area contributed by atoms with E-state index in [-0.39, 0.29) is 13.0 Å². The van der Waals surface area contributed by atoms with Crippen molar-refractivity contribution < 1.29 is 33.0 Å². The minimum Gasteiger partial charge on any atom is -0.480 e. The van der Waals surface area contributed by atoms with Gasteiger partial charge in [-0.15, -0.1) is 0 Å². The summed E-state index contributed by atoms with van der Waals surface area (Å²) in [7, 11) is 0. The van der Waals surface area contributed by atoms with Crippen LogP contribution in [-0.4, -0.2) is 64.9 Å². The summed E-state index contributed by atoms with van der Waals surface area (Å²) in [6.07, 6.45) is -5.43. The fraction of sp³-hybridized carbons (Fsp3) is 0.778. The molecule has 6 nitrogen and oxygen atoms in total. The summed E-state index contributed by atoms with van der Waals surface area (Å²) in [5, 5.41) is 19.7. The number of hydrogen-bond donors (Lipinski definition) is 3. The molecule has 3 N–H and O–H groups in total. The molecule has 1 saturated heterocycles. The van der Waals surface area contributed by atoms with Crippen LogP contribution in [0.4, 0.5) is 13.2 Å². The second kappa shape index (κ2) is 5.53. The maximum Gasteiger partial charge on any atom is 0.405 e. The molecule has 1 amide bonds. The van der Waals surface area contributed by atoms with Crippen LogP contribution in [0.25, 0.3) is 0 Å². The molecule has 1 rings (SSSR count). The van der Waals surface area contributed by atoms with Crippen molar-refractivity contribution in [1.82, 2.24) is 10.2 Å². The number of halogens is 3. The first-order chi connectivity index (χ1) is 8.19. The summed E-state index contributed by atoms with van der Waals surface area (Å²) in [4.78, 5) is 23.1. The maximum absolute atomic E-state index is 11.8. The van der Waals surface area contributed by atoms with E-state index in [0.717, 1.165) is 4.90 Å². The Morgan fingerprint density at radius 1 is 1.39 bits per heavy atom. The van der Waals surface area contributed by atoms with Gasteiger partial charge in [0.15, 0.2) is 0 Å². The number of aliphatic carboxylic acids is 1. The zero-order valence-corrected chi connectivity index (χ0v) is 9.28. The second-order valence-electron chi connectivity index (χ2n) is 4.06. The van der Waals surface area contributed by atoms with Crippen LogP contribution in [0.15, 0.2) is 0 Å². The highest BCUT2D eigenvalue weighted by molar-refractivity contribution is 5.80. The highest BCUT2D eigenvalue weighted by Crippen LogP contribution is 2.17. The molecule has 1 fully saturated rings. The number of hydrogen-bond acceptors (Lipinski definition) is 4. The second-order valence-corrected chi connectivity index (χ2v) is 4.06. The van der Waals surface area contributed by atoms with E-state index in [4.69, 9.17) is 5.11 Å². The standard InChI is InChI=1S/C9H13F3N2O4/c10-9(11,12)4-13-7(16)3-14-2-5(15)1-6(14)8(17)18/h5-6,15H,1-4H2,(H,13,16)(H,17,18). The summed E-state index contributed by atoms with van der Waals surface area (Å²) in [5.74, 6) is -2.14. The molecule has 0 aromatic carbocycles. The van der Waals surface area contributed by atoms with Gasteiger partial charge in [-0.2, -0.15) is 13.2 Å². The molecule has 0 aromatic rings. The van der Waals surface area contributed by atoms with Crippen molar-refractivity contribution in [2.45, 2.75) is 24.7 Å². The van der Waals surface area contributed by atoms with E-state index >= 15 is 0 Å². The third kappa shape index (κ3) is 4.49. The molecule has 1 aliphatic heterocycles. The number of rotatable bonds is 4. The van der Waals surface area contributed by atoms with E-state index in [2.05, 4.69) is 0 Å². The molecule has 0 bridgehead atoms. The summed E-state index contributed by atoms with van der Waals surface area (Å²) in [6.45, 7) is -1.99. The van der Waals surface area contributed by atoms with Crippen molar-refractivity contribution in [3.8, 4) is 0 Å². The molecule has 9 heteroatoms. The molecule has 0 aliphatic carbocycles. The van der Waals surface area contributed by atoms with E-state index in [1.54, 1.807) is 5.32 Å². The van der Waals surface area contributed by atoms with Crippen molar-refractivity contribution in [2.24, 2.45) is 0 Å². The van der Waals surface area contributed by atoms with Gasteiger partial charge in [-0.1, -0.05) is 0 Å². The highest BCUT2D eigenvalue weighted by atomic mass is 19.4. The Kier molecular flexibility index (Phi) is 4.52. The van der Waals surface area contributed by atoms with Crippen LogP contribution < -0.4 is 5.32 Å². The zero-order valence-electron chi connectivity index (χ0n) is 9.28. The molecule has 2 atom stereocenters. The van der Waals surface area contributed by atoms with Crippen LogP contribution in [0.5, 0.6) is 0 Å². The van der Waals surface area contributed by atoms with E-state index in [9.17, 15) is 27.9 Å². The molecule has 0 radical (unpaired) electrons.